The number of carbonyl (C=O) groups is 1. The summed E-state index contributed by atoms with van der Waals surface area (Å²) < 4.78 is 5.26. The predicted octanol–water partition coefficient (Wildman–Crippen LogP) is 2.29. The number of aliphatic hydroxyl groups is 1. The van der Waals surface area contributed by atoms with E-state index in [4.69, 9.17) is 4.74 Å². The summed E-state index contributed by atoms with van der Waals surface area (Å²) in [4.78, 5) is 11.1. The van der Waals surface area contributed by atoms with E-state index in [0.717, 1.165) is 24.0 Å². The summed E-state index contributed by atoms with van der Waals surface area (Å²) in [5.74, 6) is 0.196. The van der Waals surface area contributed by atoms with Crippen molar-refractivity contribution in [3.63, 3.8) is 0 Å². The van der Waals surface area contributed by atoms with Gasteiger partial charge in [0, 0.05) is 6.92 Å². The molecule has 0 aromatic heterocycles. The molecule has 2 aliphatic rings. The van der Waals surface area contributed by atoms with Crippen LogP contribution in [0.15, 0.2) is 36.1 Å². The summed E-state index contributed by atoms with van der Waals surface area (Å²) in [5.41, 5.74) is 1.29. The van der Waals surface area contributed by atoms with Crippen LogP contribution in [0.4, 0.5) is 0 Å². The number of benzene rings is 1. The van der Waals surface area contributed by atoms with E-state index < -0.39 is 5.60 Å². The Hall–Kier alpha value is -1.61. The summed E-state index contributed by atoms with van der Waals surface area (Å²) in [7, 11) is 0. The highest BCUT2D eigenvalue weighted by molar-refractivity contribution is 5.67. The number of carbonyl (C=O) groups excluding carboxylic acids is 1. The molecule has 0 saturated heterocycles. The first kappa shape index (κ1) is 11.5. The summed E-state index contributed by atoms with van der Waals surface area (Å²) in [6, 6.07) is 7.95. The molecule has 0 aliphatic heterocycles. The Morgan fingerprint density at radius 1 is 1.44 bits per heavy atom. The molecule has 0 radical (unpaired) electrons. The molecule has 3 heteroatoms. The second-order valence-electron chi connectivity index (χ2n) is 5.08. The molecule has 18 heavy (non-hydrogen) atoms. The average molecular weight is 244 g/mol. The lowest BCUT2D eigenvalue weighted by atomic mass is 9.78. The van der Waals surface area contributed by atoms with Crippen LogP contribution >= 0.6 is 0 Å². The fourth-order valence-electron chi connectivity index (χ4n) is 3.20. The normalized spacial score (nSPS) is 29.2. The van der Waals surface area contributed by atoms with E-state index in [2.05, 4.69) is 0 Å². The molecule has 0 saturated carbocycles. The van der Waals surface area contributed by atoms with Crippen LogP contribution in [0, 0.1) is 5.92 Å². The fourth-order valence-corrected chi connectivity index (χ4v) is 3.20. The first-order chi connectivity index (χ1) is 8.61. The fraction of sp³-hybridized carbons (Fsp3) is 0.400. The van der Waals surface area contributed by atoms with Crippen molar-refractivity contribution in [2.24, 2.45) is 5.92 Å². The zero-order valence-electron chi connectivity index (χ0n) is 10.3. The van der Waals surface area contributed by atoms with E-state index >= 15 is 0 Å². The summed E-state index contributed by atoms with van der Waals surface area (Å²) in [5, 5.41) is 10.9. The van der Waals surface area contributed by atoms with Gasteiger partial charge in [-0.25, -0.2) is 0 Å². The molecule has 0 fully saturated rings. The van der Waals surface area contributed by atoms with E-state index in [1.807, 2.05) is 30.3 Å². The molecule has 0 bridgehead atoms. The minimum absolute atomic E-state index is 0.118. The smallest absolute Gasteiger partial charge is 0.307 e. The predicted molar refractivity (Wildman–Crippen MR) is 66.6 cm³/mol. The Labute approximate surface area is 106 Å². The van der Waals surface area contributed by atoms with Crippen molar-refractivity contribution >= 4 is 5.97 Å². The minimum Gasteiger partial charge on any atom is -0.431 e. The molecular weight excluding hydrogens is 228 g/mol. The van der Waals surface area contributed by atoms with Gasteiger partial charge in [0.25, 0.3) is 0 Å². The highest BCUT2D eigenvalue weighted by Gasteiger charge is 2.49. The lowest BCUT2D eigenvalue weighted by Crippen LogP contribution is -2.36. The highest BCUT2D eigenvalue weighted by Crippen LogP contribution is 2.50. The molecule has 1 aromatic carbocycles. The van der Waals surface area contributed by atoms with Crippen LogP contribution in [0.5, 0.6) is 0 Å². The molecule has 1 aromatic rings. The number of hydrogen-bond donors (Lipinski definition) is 1. The van der Waals surface area contributed by atoms with Crippen molar-refractivity contribution in [2.75, 3.05) is 0 Å². The Morgan fingerprint density at radius 2 is 2.22 bits per heavy atom. The minimum atomic E-state index is -0.865. The molecule has 0 amide bonds. The van der Waals surface area contributed by atoms with Gasteiger partial charge in [0.1, 0.15) is 11.4 Å². The van der Waals surface area contributed by atoms with Crippen LogP contribution in [0.1, 0.15) is 30.9 Å². The molecule has 3 rings (SSSR count). The first-order valence-electron chi connectivity index (χ1n) is 6.30. The summed E-state index contributed by atoms with van der Waals surface area (Å²) in [6.45, 7) is 1.40. The zero-order valence-corrected chi connectivity index (χ0v) is 10.3. The van der Waals surface area contributed by atoms with Crippen LogP contribution in [-0.4, -0.2) is 11.1 Å². The van der Waals surface area contributed by atoms with Crippen molar-refractivity contribution < 1.29 is 14.6 Å². The quantitative estimate of drug-likeness (QED) is 0.771. The Balaban J connectivity index is 2.01. The molecule has 3 nitrogen and oxygen atoms in total. The third-order valence-corrected chi connectivity index (χ3v) is 3.96. The van der Waals surface area contributed by atoms with Crippen LogP contribution < -0.4 is 0 Å². The zero-order chi connectivity index (χ0) is 12.8. The molecule has 94 valence electrons. The van der Waals surface area contributed by atoms with Crippen molar-refractivity contribution in [1.82, 2.24) is 0 Å². The van der Waals surface area contributed by atoms with Crippen LogP contribution in [0.25, 0.3) is 0 Å². The second-order valence-corrected chi connectivity index (χ2v) is 5.08. The van der Waals surface area contributed by atoms with E-state index in [9.17, 15) is 9.90 Å². The van der Waals surface area contributed by atoms with Gasteiger partial charge in [-0.15, -0.1) is 0 Å². The largest absolute Gasteiger partial charge is 0.431 e. The monoisotopic (exact) mass is 244 g/mol. The van der Waals surface area contributed by atoms with Crippen molar-refractivity contribution in [3.8, 4) is 0 Å². The number of allylic oxidation sites excluding steroid dienone is 1. The summed E-state index contributed by atoms with van der Waals surface area (Å²) in [6.07, 6.45) is 4.11. The SMILES string of the molecule is CC(=O)OC1=CCC[C@@]2(O)c3ccccc3C[C@@H]12. The van der Waals surface area contributed by atoms with Gasteiger partial charge in [0.2, 0.25) is 0 Å². The maximum Gasteiger partial charge on any atom is 0.307 e. The number of ether oxygens (including phenoxy) is 1. The van der Waals surface area contributed by atoms with Crippen LogP contribution in [0.2, 0.25) is 0 Å². The van der Waals surface area contributed by atoms with Gasteiger partial charge in [-0.3, -0.25) is 4.79 Å². The van der Waals surface area contributed by atoms with Gasteiger partial charge in [-0.1, -0.05) is 24.3 Å². The lowest BCUT2D eigenvalue weighted by Gasteiger charge is -2.35. The third-order valence-electron chi connectivity index (χ3n) is 3.96. The van der Waals surface area contributed by atoms with Gasteiger partial charge >= 0.3 is 5.97 Å². The molecule has 0 heterocycles. The summed E-state index contributed by atoms with van der Waals surface area (Å²) >= 11 is 0. The van der Waals surface area contributed by atoms with Crippen molar-refractivity contribution in [2.45, 2.75) is 31.8 Å². The standard InChI is InChI=1S/C15H16O3/c1-10(16)18-14-7-4-8-15(17)12-6-3-2-5-11(12)9-13(14)15/h2-3,5-7,13,17H,4,8-9H2,1H3/t13-,15+/m0/s1. The van der Waals surface area contributed by atoms with E-state index in [0.29, 0.717) is 12.2 Å². The van der Waals surface area contributed by atoms with Crippen molar-refractivity contribution in [3.05, 3.63) is 47.2 Å². The molecule has 0 spiro atoms. The van der Waals surface area contributed by atoms with E-state index in [1.54, 1.807) is 0 Å². The van der Waals surface area contributed by atoms with E-state index in [1.165, 1.54) is 6.92 Å². The van der Waals surface area contributed by atoms with Gasteiger partial charge in [-0.05, 0) is 36.5 Å². The van der Waals surface area contributed by atoms with Gasteiger partial charge in [0.05, 0.1) is 5.92 Å². The molecule has 1 N–H and O–H groups in total. The van der Waals surface area contributed by atoms with Crippen molar-refractivity contribution in [1.29, 1.82) is 0 Å². The molecule has 2 atom stereocenters. The first-order valence-corrected chi connectivity index (χ1v) is 6.30. The topological polar surface area (TPSA) is 46.5 Å². The Kier molecular flexibility index (Phi) is 2.52. The van der Waals surface area contributed by atoms with Gasteiger partial charge in [0.15, 0.2) is 0 Å². The number of fused-ring (bicyclic) bond motifs is 3. The lowest BCUT2D eigenvalue weighted by molar-refractivity contribution is -0.140. The highest BCUT2D eigenvalue weighted by atomic mass is 16.5. The molecule has 0 unspecified atom stereocenters. The maximum atomic E-state index is 11.1. The van der Waals surface area contributed by atoms with Crippen LogP contribution in [0.3, 0.4) is 0 Å². The van der Waals surface area contributed by atoms with Gasteiger partial charge in [-0.2, -0.15) is 0 Å². The van der Waals surface area contributed by atoms with Crippen LogP contribution in [-0.2, 0) is 21.6 Å². The Bertz CT molecular complexity index is 532. The molecule has 2 aliphatic carbocycles. The van der Waals surface area contributed by atoms with E-state index in [-0.39, 0.29) is 11.9 Å². The third kappa shape index (κ3) is 1.58. The second kappa shape index (κ2) is 3.95. The molecular formula is C15H16O3. The Morgan fingerprint density at radius 3 is 3.00 bits per heavy atom. The number of esters is 1. The van der Waals surface area contributed by atoms with Gasteiger partial charge < -0.3 is 9.84 Å². The number of hydrogen-bond acceptors (Lipinski definition) is 3. The maximum absolute atomic E-state index is 11.1. The average Bonchev–Trinajstić information content (AvgIpc) is 2.63. The number of rotatable bonds is 1.